The maximum Gasteiger partial charge on any atom is 0.241 e. The topological polar surface area (TPSA) is 75.7 Å². The van der Waals surface area contributed by atoms with Crippen LogP contribution in [0, 0.1) is 0 Å². The normalized spacial score (nSPS) is 14.7. The highest BCUT2D eigenvalue weighted by atomic mass is 32.2. The Labute approximate surface area is 160 Å². The molecule has 0 saturated heterocycles. The quantitative estimate of drug-likeness (QED) is 0.825. The summed E-state index contributed by atoms with van der Waals surface area (Å²) in [5.41, 5.74) is 2.52. The smallest absolute Gasteiger partial charge is 0.241 e. The summed E-state index contributed by atoms with van der Waals surface area (Å²) in [5.74, 6) is 0.719. The molecule has 7 heteroatoms. The largest absolute Gasteiger partial charge is 0.494 e. The average Bonchev–Trinajstić information content (AvgIpc) is 3.05. The van der Waals surface area contributed by atoms with Crippen molar-refractivity contribution in [2.75, 3.05) is 18.1 Å². The number of hydrogen-bond acceptors (Lipinski definition) is 4. The fraction of sp³-hybridized carbons (Fsp3) is 0.350. The number of nitrogens with one attached hydrogen (secondary N) is 1. The van der Waals surface area contributed by atoms with E-state index < -0.39 is 10.0 Å². The number of nitrogens with zero attached hydrogens (tertiary/aromatic N) is 1. The lowest BCUT2D eigenvalue weighted by Gasteiger charge is -2.17. The Hall–Kier alpha value is -2.38. The minimum Gasteiger partial charge on any atom is -0.494 e. The lowest BCUT2D eigenvalue weighted by atomic mass is 10.1. The Balaban J connectivity index is 1.77. The summed E-state index contributed by atoms with van der Waals surface area (Å²) in [7, 11) is -3.67. The van der Waals surface area contributed by atoms with Gasteiger partial charge in [0.05, 0.1) is 11.5 Å². The molecule has 1 unspecified atom stereocenters. The molecule has 0 bridgehead atoms. The predicted octanol–water partition coefficient (Wildman–Crippen LogP) is 3.03. The average molecular weight is 388 g/mol. The first-order valence-corrected chi connectivity index (χ1v) is 10.5. The van der Waals surface area contributed by atoms with Gasteiger partial charge in [-0.2, -0.15) is 0 Å². The summed E-state index contributed by atoms with van der Waals surface area (Å²) in [6, 6.07) is 11.9. The highest BCUT2D eigenvalue weighted by molar-refractivity contribution is 7.89. The van der Waals surface area contributed by atoms with E-state index in [0.29, 0.717) is 19.6 Å². The van der Waals surface area contributed by atoms with Gasteiger partial charge in [-0.05, 0) is 61.7 Å². The Kier molecular flexibility index (Phi) is 5.53. The third kappa shape index (κ3) is 4.14. The first kappa shape index (κ1) is 19.4. The van der Waals surface area contributed by atoms with E-state index in [4.69, 9.17) is 4.74 Å². The lowest BCUT2D eigenvalue weighted by molar-refractivity contribution is -0.116. The van der Waals surface area contributed by atoms with Crippen LogP contribution in [-0.4, -0.2) is 27.5 Å². The molecule has 1 aliphatic heterocycles. The fourth-order valence-electron chi connectivity index (χ4n) is 3.26. The predicted molar refractivity (Wildman–Crippen MR) is 105 cm³/mol. The monoisotopic (exact) mass is 388 g/mol. The number of benzene rings is 2. The van der Waals surface area contributed by atoms with Crippen molar-refractivity contribution < 1.29 is 17.9 Å². The molecule has 1 aliphatic rings. The van der Waals surface area contributed by atoms with Crippen molar-refractivity contribution in [3.8, 4) is 5.75 Å². The van der Waals surface area contributed by atoms with Crippen LogP contribution >= 0.6 is 0 Å². The van der Waals surface area contributed by atoms with Gasteiger partial charge in [0.25, 0.3) is 0 Å². The van der Waals surface area contributed by atoms with Crippen molar-refractivity contribution in [1.29, 1.82) is 0 Å². The van der Waals surface area contributed by atoms with E-state index in [2.05, 4.69) is 4.72 Å². The van der Waals surface area contributed by atoms with Crippen molar-refractivity contribution in [1.82, 2.24) is 4.72 Å². The number of fused-ring (bicyclic) bond motifs is 1. The second kappa shape index (κ2) is 7.70. The van der Waals surface area contributed by atoms with Crippen LogP contribution < -0.4 is 14.4 Å². The van der Waals surface area contributed by atoms with Gasteiger partial charge in [-0.3, -0.25) is 4.79 Å². The molecule has 2 aromatic rings. The van der Waals surface area contributed by atoms with Crippen molar-refractivity contribution >= 4 is 21.6 Å². The van der Waals surface area contributed by atoms with E-state index >= 15 is 0 Å². The molecule has 0 radical (unpaired) electrons. The maximum absolute atomic E-state index is 12.8. The van der Waals surface area contributed by atoms with Crippen molar-refractivity contribution in [2.24, 2.45) is 0 Å². The number of carbonyl (C=O) groups excluding carboxylic acids is 1. The van der Waals surface area contributed by atoms with Crippen LogP contribution in [0.1, 0.15) is 37.9 Å². The van der Waals surface area contributed by atoms with Crippen LogP contribution in [0.5, 0.6) is 5.75 Å². The van der Waals surface area contributed by atoms with Gasteiger partial charge in [-0.25, -0.2) is 13.1 Å². The molecule has 0 aromatic heterocycles. The molecule has 2 aromatic carbocycles. The van der Waals surface area contributed by atoms with E-state index in [-0.39, 0.29) is 16.8 Å². The summed E-state index contributed by atoms with van der Waals surface area (Å²) in [6.07, 6.45) is 0.659. The van der Waals surface area contributed by atoms with Crippen molar-refractivity contribution in [3.05, 3.63) is 53.6 Å². The van der Waals surface area contributed by atoms with Crippen LogP contribution in [0.3, 0.4) is 0 Å². The zero-order chi connectivity index (χ0) is 19.6. The Morgan fingerprint density at radius 3 is 2.56 bits per heavy atom. The summed E-state index contributed by atoms with van der Waals surface area (Å²) >= 11 is 0. The van der Waals surface area contributed by atoms with E-state index in [9.17, 15) is 13.2 Å². The number of ether oxygens (including phenoxy) is 1. The highest BCUT2D eigenvalue weighted by Gasteiger charge is 2.25. The SMILES string of the molecule is CCOc1ccc(C(C)NS(=O)(=O)c2ccc3c(c2)CCN3C(C)=O)cc1. The molecule has 0 fully saturated rings. The molecule has 27 heavy (non-hydrogen) atoms. The molecule has 0 spiro atoms. The van der Waals surface area contributed by atoms with Gasteiger partial charge >= 0.3 is 0 Å². The van der Waals surface area contributed by atoms with Gasteiger partial charge in [0, 0.05) is 25.2 Å². The standard InChI is InChI=1S/C20H24N2O4S/c1-4-26-18-7-5-16(6-8-18)14(2)21-27(24,25)19-9-10-20-17(13-19)11-12-22(20)15(3)23/h5-10,13-14,21H,4,11-12H2,1-3H3. The van der Waals surface area contributed by atoms with E-state index in [1.165, 1.54) is 6.92 Å². The molecular formula is C20H24N2O4S. The third-order valence-corrected chi connectivity index (χ3v) is 6.20. The lowest BCUT2D eigenvalue weighted by Crippen LogP contribution is -2.27. The molecule has 1 heterocycles. The molecule has 0 aliphatic carbocycles. The van der Waals surface area contributed by atoms with E-state index in [0.717, 1.165) is 22.6 Å². The summed E-state index contributed by atoms with van der Waals surface area (Å²) in [6.45, 7) is 6.40. The Morgan fingerprint density at radius 1 is 1.22 bits per heavy atom. The van der Waals surface area contributed by atoms with Crippen LogP contribution in [0.2, 0.25) is 0 Å². The molecular weight excluding hydrogens is 364 g/mol. The molecule has 3 rings (SSSR count). The molecule has 6 nitrogen and oxygen atoms in total. The molecule has 1 amide bonds. The number of sulfonamides is 1. The second-order valence-electron chi connectivity index (χ2n) is 6.56. The fourth-order valence-corrected chi connectivity index (χ4v) is 4.54. The molecule has 1 N–H and O–H groups in total. The first-order chi connectivity index (χ1) is 12.8. The maximum atomic E-state index is 12.8. The van der Waals surface area contributed by atoms with E-state index in [1.54, 1.807) is 30.0 Å². The van der Waals surface area contributed by atoms with Crippen LogP contribution in [-0.2, 0) is 21.2 Å². The van der Waals surface area contributed by atoms with Gasteiger partial charge in [-0.1, -0.05) is 12.1 Å². The third-order valence-electron chi connectivity index (χ3n) is 4.66. The van der Waals surface area contributed by atoms with Crippen LogP contribution in [0.15, 0.2) is 47.4 Å². The molecule has 0 saturated carbocycles. The van der Waals surface area contributed by atoms with Gasteiger partial charge in [0.1, 0.15) is 5.75 Å². The van der Waals surface area contributed by atoms with Gasteiger partial charge in [0.15, 0.2) is 0 Å². The zero-order valence-corrected chi connectivity index (χ0v) is 16.5. The minimum absolute atomic E-state index is 0.0356. The molecule has 144 valence electrons. The van der Waals surface area contributed by atoms with Crippen molar-refractivity contribution in [2.45, 2.75) is 38.1 Å². The van der Waals surface area contributed by atoms with Crippen LogP contribution in [0.25, 0.3) is 0 Å². The number of hydrogen-bond donors (Lipinski definition) is 1. The van der Waals surface area contributed by atoms with Gasteiger partial charge in [0.2, 0.25) is 15.9 Å². The summed E-state index contributed by atoms with van der Waals surface area (Å²) in [4.78, 5) is 13.5. The second-order valence-corrected chi connectivity index (χ2v) is 8.27. The van der Waals surface area contributed by atoms with Gasteiger partial charge < -0.3 is 9.64 Å². The summed E-state index contributed by atoms with van der Waals surface area (Å²) in [5, 5.41) is 0. The number of rotatable bonds is 6. The number of anilines is 1. The van der Waals surface area contributed by atoms with Crippen LogP contribution in [0.4, 0.5) is 5.69 Å². The molecule has 1 atom stereocenters. The van der Waals surface area contributed by atoms with Gasteiger partial charge in [-0.15, -0.1) is 0 Å². The van der Waals surface area contributed by atoms with E-state index in [1.807, 2.05) is 31.2 Å². The van der Waals surface area contributed by atoms with Crippen molar-refractivity contribution in [3.63, 3.8) is 0 Å². The Bertz CT molecular complexity index is 939. The zero-order valence-electron chi connectivity index (χ0n) is 15.7. The highest BCUT2D eigenvalue weighted by Crippen LogP contribution is 2.30. The minimum atomic E-state index is -3.67. The number of carbonyl (C=O) groups is 1. The summed E-state index contributed by atoms with van der Waals surface area (Å²) < 4.78 is 33.7. The Morgan fingerprint density at radius 2 is 1.93 bits per heavy atom. The first-order valence-electron chi connectivity index (χ1n) is 8.98. The number of amides is 1.